The third-order valence-electron chi connectivity index (χ3n) is 4.11. The molecule has 6 nitrogen and oxygen atoms in total. The third kappa shape index (κ3) is 8.78. The van der Waals surface area contributed by atoms with Crippen molar-refractivity contribution in [2.45, 2.75) is 32.1 Å². The summed E-state index contributed by atoms with van der Waals surface area (Å²) in [6.07, 6.45) is 0.549. The lowest BCUT2D eigenvalue weighted by atomic mass is 10.1. The summed E-state index contributed by atoms with van der Waals surface area (Å²) >= 11 is 1.34. The van der Waals surface area contributed by atoms with Crippen LogP contribution >= 0.6 is 11.3 Å². The maximum Gasteiger partial charge on any atom is 0.224 e. The van der Waals surface area contributed by atoms with Gasteiger partial charge in [-0.2, -0.15) is 0 Å². The second kappa shape index (κ2) is 11.9. The minimum absolute atomic E-state index is 0.0511. The van der Waals surface area contributed by atoms with Gasteiger partial charge in [-0.25, -0.2) is 4.39 Å². The van der Waals surface area contributed by atoms with E-state index in [1.165, 1.54) is 23.5 Å². The van der Waals surface area contributed by atoms with E-state index in [2.05, 4.69) is 10.6 Å². The molecule has 8 heteroatoms. The molecule has 0 radical (unpaired) electrons. The van der Waals surface area contributed by atoms with E-state index >= 15 is 0 Å². The molecule has 0 atom stereocenters. The standard InChI is InChI=1S/C21H23FN2O4S/c22-16-5-3-15(4-6-16)14-21(28)24-12-11-23-20(27)10-8-17(25)7-9-18(26)19-2-1-13-29-19/h1-6,13H,7-12,14H2,(H,23,27)(H,24,28). The summed E-state index contributed by atoms with van der Waals surface area (Å²) in [6.45, 7) is 0.508. The summed E-state index contributed by atoms with van der Waals surface area (Å²) in [7, 11) is 0. The Kier molecular flexibility index (Phi) is 9.17. The lowest BCUT2D eigenvalue weighted by Crippen LogP contribution is -2.35. The van der Waals surface area contributed by atoms with Crippen LogP contribution in [0, 0.1) is 5.82 Å². The molecule has 154 valence electrons. The van der Waals surface area contributed by atoms with Gasteiger partial charge >= 0.3 is 0 Å². The molecule has 0 fully saturated rings. The van der Waals surface area contributed by atoms with E-state index in [0.717, 1.165) is 0 Å². The number of benzene rings is 1. The van der Waals surface area contributed by atoms with Crippen molar-refractivity contribution in [2.24, 2.45) is 0 Å². The molecule has 2 N–H and O–H groups in total. The van der Waals surface area contributed by atoms with Crippen LogP contribution in [0.5, 0.6) is 0 Å². The number of thiophene rings is 1. The predicted molar refractivity (Wildman–Crippen MR) is 108 cm³/mol. The van der Waals surface area contributed by atoms with Crippen LogP contribution in [0.25, 0.3) is 0 Å². The fourth-order valence-electron chi connectivity index (χ4n) is 2.53. The van der Waals surface area contributed by atoms with Crippen LogP contribution in [0.3, 0.4) is 0 Å². The van der Waals surface area contributed by atoms with Crippen molar-refractivity contribution in [3.8, 4) is 0 Å². The summed E-state index contributed by atoms with van der Waals surface area (Å²) in [5.41, 5.74) is 0.698. The lowest BCUT2D eigenvalue weighted by molar-refractivity contribution is -0.125. The van der Waals surface area contributed by atoms with Crippen molar-refractivity contribution < 1.29 is 23.6 Å². The van der Waals surface area contributed by atoms with Crippen LogP contribution in [-0.4, -0.2) is 36.5 Å². The quantitative estimate of drug-likeness (QED) is 0.409. The molecule has 0 bridgehead atoms. The van der Waals surface area contributed by atoms with Crippen LogP contribution in [0.2, 0.25) is 0 Å². The highest BCUT2D eigenvalue weighted by atomic mass is 32.1. The predicted octanol–water partition coefficient (Wildman–Crippen LogP) is 2.67. The molecule has 2 rings (SSSR count). The summed E-state index contributed by atoms with van der Waals surface area (Å²) in [6, 6.07) is 9.19. The van der Waals surface area contributed by atoms with Crippen LogP contribution in [0.4, 0.5) is 4.39 Å². The zero-order valence-electron chi connectivity index (χ0n) is 15.9. The molecule has 0 saturated heterocycles. The molecule has 0 unspecified atom stereocenters. The van der Waals surface area contributed by atoms with Gasteiger partial charge in [-0.05, 0) is 29.1 Å². The van der Waals surface area contributed by atoms with E-state index in [0.29, 0.717) is 10.4 Å². The zero-order chi connectivity index (χ0) is 21.1. The van der Waals surface area contributed by atoms with Crippen LogP contribution in [-0.2, 0) is 20.8 Å². The molecule has 0 aliphatic carbocycles. The van der Waals surface area contributed by atoms with Gasteiger partial charge in [-0.15, -0.1) is 11.3 Å². The molecule has 1 aromatic carbocycles. The van der Waals surface area contributed by atoms with Crippen molar-refractivity contribution >= 4 is 34.7 Å². The second-order valence-electron chi connectivity index (χ2n) is 6.44. The number of carbonyl (C=O) groups is 4. The van der Waals surface area contributed by atoms with E-state index in [4.69, 9.17) is 0 Å². The van der Waals surface area contributed by atoms with Gasteiger partial charge in [0.05, 0.1) is 11.3 Å². The van der Waals surface area contributed by atoms with Gasteiger partial charge in [-0.1, -0.05) is 18.2 Å². The molecule has 2 amide bonds. The van der Waals surface area contributed by atoms with E-state index in [1.54, 1.807) is 24.3 Å². The molecule has 29 heavy (non-hydrogen) atoms. The van der Waals surface area contributed by atoms with Crippen molar-refractivity contribution in [3.63, 3.8) is 0 Å². The molecule has 0 aliphatic rings. The Balaban J connectivity index is 1.52. The van der Waals surface area contributed by atoms with E-state index in [-0.39, 0.29) is 74.4 Å². The van der Waals surface area contributed by atoms with Gasteiger partial charge in [0, 0.05) is 38.8 Å². The molecule has 2 aromatic rings. The number of amides is 2. The number of hydrogen-bond acceptors (Lipinski definition) is 5. The largest absolute Gasteiger partial charge is 0.354 e. The Morgan fingerprint density at radius 1 is 0.828 bits per heavy atom. The Labute approximate surface area is 172 Å². The number of hydrogen-bond donors (Lipinski definition) is 2. The van der Waals surface area contributed by atoms with Gasteiger partial charge in [-0.3, -0.25) is 19.2 Å². The molecular weight excluding hydrogens is 395 g/mol. The highest BCUT2D eigenvalue weighted by Crippen LogP contribution is 2.13. The molecule has 1 heterocycles. The van der Waals surface area contributed by atoms with Crippen molar-refractivity contribution in [1.29, 1.82) is 0 Å². The number of nitrogens with one attached hydrogen (secondary N) is 2. The summed E-state index contributed by atoms with van der Waals surface area (Å²) in [5, 5.41) is 7.10. The first-order valence-corrected chi connectivity index (χ1v) is 10.2. The number of halogens is 1. The fraction of sp³-hybridized carbons (Fsp3) is 0.333. The Morgan fingerprint density at radius 2 is 1.48 bits per heavy atom. The summed E-state index contributed by atoms with van der Waals surface area (Å²) in [5.74, 6) is -1.05. The summed E-state index contributed by atoms with van der Waals surface area (Å²) in [4.78, 5) is 47.8. The number of rotatable bonds is 12. The van der Waals surface area contributed by atoms with Crippen LogP contribution in [0.15, 0.2) is 41.8 Å². The van der Waals surface area contributed by atoms with Crippen molar-refractivity contribution in [3.05, 3.63) is 58.0 Å². The van der Waals surface area contributed by atoms with Crippen molar-refractivity contribution in [1.82, 2.24) is 10.6 Å². The first-order valence-electron chi connectivity index (χ1n) is 9.30. The molecule has 0 saturated carbocycles. The smallest absolute Gasteiger partial charge is 0.224 e. The minimum Gasteiger partial charge on any atom is -0.354 e. The zero-order valence-corrected chi connectivity index (χ0v) is 16.7. The minimum atomic E-state index is -0.357. The first kappa shape index (κ1) is 22.4. The van der Waals surface area contributed by atoms with E-state index in [9.17, 15) is 23.6 Å². The van der Waals surface area contributed by atoms with Crippen molar-refractivity contribution in [2.75, 3.05) is 13.1 Å². The van der Waals surface area contributed by atoms with Gasteiger partial charge in [0.2, 0.25) is 11.8 Å². The molecule has 1 aromatic heterocycles. The Morgan fingerprint density at radius 3 is 2.14 bits per heavy atom. The molecular formula is C21H23FN2O4S. The normalized spacial score (nSPS) is 10.4. The van der Waals surface area contributed by atoms with Gasteiger partial charge in [0.1, 0.15) is 11.6 Å². The Bertz CT molecular complexity index is 835. The van der Waals surface area contributed by atoms with Gasteiger partial charge in [0.25, 0.3) is 0 Å². The van der Waals surface area contributed by atoms with Crippen LogP contribution < -0.4 is 10.6 Å². The van der Waals surface area contributed by atoms with Gasteiger partial charge < -0.3 is 10.6 Å². The molecule has 0 aliphatic heterocycles. The van der Waals surface area contributed by atoms with Crippen LogP contribution in [0.1, 0.15) is 40.9 Å². The topological polar surface area (TPSA) is 92.3 Å². The maximum absolute atomic E-state index is 12.8. The highest BCUT2D eigenvalue weighted by Gasteiger charge is 2.12. The third-order valence-corrected chi connectivity index (χ3v) is 5.02. The first-order chi connectivity index (χ1) is 13.9. The average Bonchev–Trinajstić information content (AvgIpc) is 3.24. The number of Topliss-reactive ketones (excluding diaryl/α,β-unsaturated/α-hetero) is 2. The number of carbonyl (C=O) groups excluding carboxylic acids is 4. The van der Waals surface area contributed by atoms with Gasteiger partial charge in [0.15, 0.2) is 5.78 Å². The summed E-state index contributed by atoms with van der Waals surface area (Å²) < 4.78 is 12.8. The maximum atomic E-state index is 12.8. The monoisotopic (exact) mass is 418 g/mol. The van der Waals surface area contributed by atoms with E-state index < -0.39 is 0 Å². The van der Waals surface area contributed by atoms with E-state index in [1.807, 2.05) is 5.38 Å². The lowest BCUT2D eigenvalue weighted by Gasteiger charge is -2.07. The average molecular weight is 418 g/mol. The second-order valence-corrected chi connectivity index (χ2v) is 7.39. The SMILES string of the molecule is O=C(CCC(=O)NCCNC(=O)Cc1ccc(F)cc1)CCC(=O)c1cccs1. The highest BCUT2D eigenvalue weighted by molar-refractivity contribution is 7.12. The number of ketones is 2. The molecule has 0 spiro atoms. The fourth-order valence-corrected chi connectivity index (χ4v) is 3.23. The Hall–Kier alpha value is -2.87.